The Morgan fingerprint density at radius 1 is 0.857 bits per heavy atom. The van der Waals surface area contributed by atoms with E-state index in [0.29, 0.717) is 22.6 Å². The van der Waals surface area contributed by atoms with Gasteiger partial charge in [-0.15, -0.1) is 0 Å². The number of amides is 2. The molecule has 0 aliphatic rings. The molecule has 4 rings (SSSR count). The Balaban J connectivity index is 1.44. The predicted molar refractivity (Wildman–Crippen MR) is 131 cm³/mol. The summed E-state index contributed by atoms with van der Waals surface area (Å²) in [5.74, 6) is -1.11. The van der Waals surface area contributed by atoms with E-state index >= 15 is 0 Å². The second kappa shape index (κ2) is 10.8. The zero-order valence-electron chi connectivity index (χ0n) is 18.7. The van der Waals surface area contributed by atoms with Crippen molar-refractivity contribution in [2.24, 2.45) is 5.10 Å². The first-order valence-corrected chi connectivity index (χ1v) is 10.7. The van der Waals surface area contributed by atoms with Crippen molar-refractivity contribution in [1.29, 1.82) is 0 Å². The van der Waals surface area contributed by atoms with Crippen molar-refractivity contribution in [2.45, 2.75) is 6.92 Å². The van der Waals surface area contributed by atoms with E-state index < -0.39 is 17.8 Å². The lowest BCUT2D eigenvalue weighted by Crippen LogP contribution is -2.21. The van der Waals surface area contributed by atoms with Crippen molar-refractivity contribution in [3.05, 3.63) is 119 Å². The molecule has 8 nitrogen and oxygen atoms in total. The number of esters is 1. The molecule has 8 heteroatoms. The SMILES string of the molecule is Cc1ccc(C(=O)Oc2ccccc2/C=N\NC(=O)c2ccccc2NC(=O)c2ccco2)cc1. The number of anilines is 1. The van der Waals surface area contributed by atoms with Crippen LogP contribution in [-0.2, 0) is 0 Å². The molecule has 0 aliphatic heterocycles. The molecule has 0 aliphatic carbocycles. The van der Waals surface area contributed by atoms with Crippen LogP contribution in [0.4, 0.5) is 5.69 Å². The fourth-order valence-electron chi connectivity index (χ4n) is 3.13. The van der Waals surface area contributed by atoms with E-state index in [9.17, 15) is 14.4 Å². The van der Waals surface area contributed by atoms with E-state index in [-0.39, 0.29) is 11.3 Å². The highest BCUT2D eigenvalue weighted by molar-refractivity contribution is 6.08. The van der Waals surface area contributed by atoms with E-state index in [1.165, 1.54) is 18.5 Å². The summed E-state index contributed by atoms with van der Waals surface area (Å²) in [6, 6.07) is 23.5. The first-order valence-electron chi connectivity index (χ1n) is 10.7. The largest absolute Gasteiger partial charge is 0.459 e. The van der Waals surface area contributed by atoms with Crippen LogP contribution in [0.5, 0.6) is 5.75 Å². The summed E-state index contributed by atoms with van der Waals surface area (Å²) >= 11 is 0. The van der Waals surface area contributed by atoms with Crippen molar-refractivity contribution >= 4 is 29.7 Å². The molecule has 2 amide bonds. The summed E-state index contributed by atoms with van der Waals surface area (Å²) in [7, 11) is 0. The number of aryl methyl sites for hydroxylation is 1. The first-order chi connectivity index (χ1) is 17.0. The standard InChI is InChI=1S/C27H21N3O5/c1-18-12-14-19(15-13-18)27(33)35-23-10-5-2-7-20(23)17-28-30-25(31)21-8-3-4-9-22(21)29-26(32)24-11-6-16-34-24/h2-17H,1H3,(H,29,32)(H,30,31)/b28-17-. The third kappa shape index (κ3) is 5.88. The maximum Gasteiger partial charge on any atom is 0.343 e. The number of carbonyl (C=O) groups is 3. The van der Waals surface area contributed by atoms with E-state index in [1.807, 2.05) is 19.1 Å². The molecule has 1 aromatic heterocycles. The van der Waals surface area contributed by atoms with Crippen LogP contribution >= 0.6 is 0 Å². The van der Waals surface area contributed by atoms with Gasteiger partial charge < -0.3 is 14.5 Å². The molecule has 0 radical (unpaired) electrons. The molecule has 0 atom stereocenters. The molecular formula is C27H21N3O5. The Morgan fingerprint density at radius 2 is 1.60 bits per heavy atom. The fourth-order valence-corrected chi connectivity index (χ4v) is 3.13. The maximum absolute atomic E-state index is 12.7. The van der Waals surface area contributed by atoms with Gasteiger partial charge in [0, 0.05) is 5.56 Å². The summed E-state index contributed by atoms with van der Waals surface area (Å²) in [6.07, 6.45) is 2.76. The van der Waals surface area contributed by atoms with Crippen LogP contribution < -0.4 is 15.5 Å². The zero-order chi connectivity index (χ0) is 24.6. The van der Waals surface area contributed by atoms with Gasteiger partial charge in [0.25, 0.3) is 11.8 Å². The van der Waals surface area contributed by atoms with Crippen molar-refractivity contribution in [3.63, 3.8) is 0 Å². The molecule has 0 spiro atoms. The van der Waals surface area contributed by atoms with Gasteiger partial charge in [-0.3, -0.25) is 9.59 Å². The summed E-state index contributed by atoms with van der Waals surface area (Å²) in [5.41, 5.74) is 4.89. The number of hydrazone groups is 1. The number of ether oxygens (including phenoxy) is 1. The Morgan fingerprint density at radius 3 is 2.37 bits per heavy atom. The van der Waals surface area contributed by atoms with Crippen molar-refractivity contribution in [3.8, 4) is 5.75 Å². The molecule has 0 fully saturated rings. The number of hydrogen-bond donors (Lipinski definition) is 2. The van der Waals surface area contributed by atoms with E-state index in [1.54, 1.807) is 66.7 Å². The van der Waals surface area contributed by atoms with Crippen LogP contribution in [0, 0.1) is 6.92 Å². The number of para-hydroxylation sites is 2. The highest BCUT2D eigenvalue weighted by atomic mass is 16.5. The number of rotatable bonds is 7. The summed E-state index contributed by atoms with van der Waals surface area (Å²) < 4.78 is 10.6. The number of furan rings is 1. The summed E-state index contributed by atoms with van der Waals surface area (Å²) in [4.78, 5) is 37.5. The van der Waals surface area contributed by atoms with Crippen molar-refractivity contribution < 1.29 is 23.5 Å². The third-order valence-electron chi connectivity index (χ3n) is 4.94. The molecule has 35 heavy (non-hydrogen) atoms. The molecule has 0 saturated carbocycles. The lowest BCUT2D eigenvalue weighted by atomic mass is 10.1. The molecule has 0 unspecified atom stereocenters. The quantitative estimate of drug-likeness (QED) is 0.175. The van der Waals surface area contributed by atoms with Crippen molar-refractivity contribution in [1.82, 2.24) is 5.43 Å². The molecule has 2 N–H and O–H groups in total. The molecule has 4 aromatic rings. The van der Waals surface area contributed by atoms with Crippen LogP contribution in [-0.4, -0.2) is 24.0 Å². The lowest BCUT2D eigenvalue weighted by Gasteiger charge is -2.09. The number of nitrogens with zero attached hydrogens (tertiary/aromatic N) is 1. The average Bonchev–Trinajstić information content (AvgIpc) is 3.41. The zero-order valence-corrected chi connectivity index (χ0v) is 18.7. The normalized spacial score (nSPS) is 10.7. The van der Waals surface area contributed by atoms with Gasteiger partial charge >= 0.3 is 5.97 Å². The van der Waals surface area contributed by atoms with Crippen molar-refractivity contribution in [2.75, 3.05) is 5.32 Å². The summed E-state index contributed by atoms with van der Waals surface area (Å²) in [5, 5.41) is 6.64. The monoisotopic (exact) mass is 467 g/mol. The van der Waals surface area contributed by atoms with E-state index in [0.717, 1.165) is 5.56 Å². The highest BCUT2D eigenvalue weighted by Gasteiger charge is 2.15. The second-order valence-corrected chi connectivity index (χ2v) is 7.47. The van der Waals surface area contributed by atoms with Gasteiger partial charge in [-0.25, -0.2) is 10.2 Å². The molecule has 0 saturated heterocycles. The van der Waals surface area contributed by atoms with Gasteiger partial charge in [0.15, 0.2) is 5.76 Å². The fraction of sp³-hybridized carbons (Fsp3) is 0.0370. The van der Waals surface area contributed by atoms with Crippen LogP contribution in [0.25, 0.3) is 0 Å². The minimum absolute atomic E-state index is 0.120. The van der Waals surface area contributed by atoms with Crippen LogP contribution in [0.3, 0.4) is 0 Å². The minimum Gasteiger partial charge on any atom is -0.459 e. The molecule has 174 valence electrons. The van der Waals surface area contributed by atoms with Crippen LogP contribution in [0.1, 0.15) is 42.4 Å². The maximum atomic E-state index is 12.7. The predicted octanol–water partition coefficient (Wildman–Crippen LogP) is 4.82. The van der Waals surface area contributed by atoms with Gasteiger partial charge in [-0.05, 0) is 55.5 Å². The van der Waals surface area contributed by atoms with Crippen LogP contribution in [0.15, 0.2) is 101 Å². The minimum atomic E-state index is -0.536. The van der Waals surface area contributed by atoms with E-state index in [2.05, 4.69) is 15.8 Å². The van der Waals surface area contributed by atoms with Gasteiger partial charge in [-0.1, -0.05) is 42.0 Å². The highest BCUT2D eigenvalue weighted by Crippen LogP contribution is 2.19. The van der Waals surface area contributed by atoms with Gasteiger partial charge in [0.05, 0.1) is 29.3 Å². The molecular weight excluding hydrogens is 446 g/mol. The number of benzene rings is 3. The number of carbonyl (C=O) groups excluding carboxylic acids is 3. The first kappa shape index (κ1) is 23.2. The molecule has 3 aromatic carbocycles. The van der Waals surface area contributed by atoms with Gasteiger partial charge in [0.1, 0.15) is 5.75 Å². The Labute approximate surface area is 201 Å². The Hall–Kier alpha value is -4.98. The number of hydrogen-bond acceptors (Lipinski definition) is 6. The van der Waals surface area contributed by atoms with Gasteiger partial charge in [0.2, 0.25) is 0 Å². The number of nitrogens with one attached hydrogen (secondary N) is 2. The van der Waals surface area contributed by atoms with Gasteiger partial charge in [-0.2, -0.15) is 5.10 Å². The lowest BCUT2D eigenvalue weighted by molar-refractivity contribution is 0.0734. The molecule has 1 heterocycles. The summed E-state index contributed by atoms with van der Waals surface area (Å²) in [6.45, 7) is 1.93. The van der Waals surface area contributed by atoms with E-state index in [4.69, 9.17) is 9.15 Å². The van der Waals surface area contributed by atoms with Crippen LogP contribution in [0.2, 0.25) is 0 Å². The average molecular weight is 467 g/mol. The smallest absolute Gasteiger partial charge is 0.343 e. The molecule has 0 bridgehead atoms. The second-order valence-electron chi connectivity index (χ2n) is 7.47. The Bertz CT molecular complexity index is 1380. The topological polar surface area (TPSA) is 110 Å². The Kier molecular flexibility index (Phi) is 7.13. The third-order valence-corrected chi connectivity index (χ3v) is 4.94.